The van der Waals surface area contributed by atoms with Gasteiger partial charge < -0.3 is 4.57 Å². The fourth-order valence-electron chi connectivity index (χ4n) is 4.22. The number of H-pyrrole nitrogens is 1. The van der Waals surface area contributed by atoms with E-state index in [1.807, 2.05) is 12.3 Å². The predicted octanol–water partition coefficient (Wildman–Crippen LogP) is 3.93. The van der Waals surface area contributed by atoms with Gasteiger partial charge in [0.2, 0.25) is 11.6 Å². The van der Waals surface area contributed by atoms with Gasteiger partial charge in [-0.25, -0.2) is 14.8 Å². The highest BCUT2D eigenvalue weighted by molar-refractivity contribution is 6.30. The number of rotatable bonds is 4. The molecule has 0 amide bonds. The number of nitrogens with zero attached hydrogens (tertiary/aromatic N) is 5. The Balaban J connectivity index is 1.60. The van der Waals surface area contributed by atoms with E-state index in [1.54, 1.807) is 18.5 Å². The molecule has 0 bridgehead atoms. The van der Waals surface area contributed by atoms with Crippen LogP contribution < -0.4 is 5.76 Å². The van der Waals surface area contributed by atoms with E-state index in [2.05, 4.69) is 35.1 Å². The molecule has 0 aliphatic heterocycles. The third-order valence-corrected chi connectivity index (χ3v) is 5.99. The number of hydrogen-bond donors (Lipinski definition) is 1. The normalized spacial score (nSPS) is 18.8. The molecule has 1 aliphatic rings. The summed E-state index contributed by atoms with van der Waals surface area (Å²) in [6.45, 7) is 0.852. The molecular formula is C22H19ClN6O2. The molecule has 1 N–H and O–H groups in total. The minimum absolute atomic E-state index is 0.170. The van der Waals surface area contributed by atoms with Crippen molar-refractivity contribution in [3.8, 4) is 35.2 Å². The monoisotopic (exact) mass is 434 g/mol. The third kappa shape index (κ3) is 3.84. The summed E-state index contributed by atoms with van der Waals surface area (Å²) in [7, 11) is 0. The van der Waals surface area contributed by atoms with Gasteiger partial charge in [0, 0.05) is 36.6 Å². The second-order valence-corrected chi connectivity index (χ2v) is 8.25. The fourth-order valence-corrected chi connectivity index (χ4v) is 4.40. The maximum atomic E-state index is 11.4. The largest absolute Gasteiger partial charge is 0.439 e. The van der Waals surface area contributed by atoms with Gasteiger partial charge >= 0.3 is 5.76 Å². The van der Waals surface area contributed by atoms with E-state index < -0.39 is 5.76 Å². The summed E-state index contributed by atoms with van der Waals surface area (Å²) >= 11 is 6.20. The molecule has 1 aliphatic carbocycles. The standard InChI is InChI=1S/C22H19ClN6O2/c1-2-13-3-5-14(6-4-13)12-29-8-7-17-19(29)18(15-9-16(23)11-24-10-15)26-20(25-17)21-27-22(30)31-28-21/h1,7-11,13-14H,3-6,12H2,(H,27,28,30)/t13-,14-. The van der Waals surface area contributed by atoms with Gasteiger partial charge in [0.05, 0.1) is 16.1 Å². The van der Waals surface area contributed by atoms with Crippen molar-refractivity contribution in [2.45, 2.75) is 32.2 Å². The molecule has 4 heterocycles. The molecule has 5 rings (SSSR count). The molecule has 0 spiro atoms. The maximum Gasteiger partial charge on any atom is 0.439 e. The minimum Gasteiger partial charge on any atom is -0.344 e. The van der Waals surface area contributed by atoms with Crippen LogP contribution in [0.15, 0.2) is 40.0 Å². The van der Waals surface area contributed by atoms with E-state index >= 15 is 0 Å². The molecule has 1 fully saturated rings. The highest BCUT2D eigenvalue weighted by Crippen LogP contribution is 2.33. The smallest absolute Gasteiger partial charge is 0.344 e. The summed E-state index contributed by atoms with van der Waals surface area (Å²) < 4.78 is 6.81. The molecule has 0 saturated heterocycles. The van der Waals surface area contributed by atoms with Crippen LogP contribution >= 0.6 is 11.6 Å². The van der Waals surface area contributed by atoms with Crippen molar-refractivity contribution < 1.29 is 4.52 Å². The zero-order chi connectivity index (χ0) is 21.4. The number of halogens is 1. The van der Waals surface area contributed by atoms with Crippen molar-refractivity contribution in [2.75, 3.05) is 0 Å². The van der Waals surface area contributed by atoms with Crippen LogP contribution in [-0.4, -0.2) is 29.7 Å². The van der Waals surface area contributed by atoms with Crippen molar-refractivity contribution in [1.29, 1.82) is 0 Å². The fraction of sp³-hybridized carbons (Fsp3) is 0.318. The van der Waals surface area contributed by atoms with Gasteiger partial charge in [0.1, 0.15) is 5.69 Å². The Morgan fingerprint density at radius 2 is 2.10 bits per heavy atom. The average Bonchev–Trinajstić information content (AvgIpc) is 3.40. The first-order valence-corrected chi connectivity index (χ1v) is 10.5. The molecule has 9 heteroatoms. The zero-order valence-electron chi connectivity index (χ0n) is 16.6. The van der Waals surface area contributed by atoms with Gasteiger partial charge in [-0.1, -0.05) is 16.8 Å². The molecule has 31 heavy (non-hydrogen) atoms. The SMILES string of the molecule is C#C[C@H]1CC[C@H](Cn2ccc3nc(-c4noc(=O)[nH]4)nc(-c4cncc(Cl)c4)c32)CC1. The molecule has 0 radical (unpaired) electrons. The summed E-state index contributed by atoms with van der Waals surface area (Å²) in [6.07, 6.45) is 15.2. The number of aromatic amines is 1. The molecule has 1 saturated carbocycles. The molecule has 4 aromatic heterocycles. The summed E-state index contributed by atoms with van der Waals surface area (Å²) in [6, 6.07) is 3.74. The molecule has 0 unspecified atom stereocenters. The highest BCUT2D eigenvalue weighted by atomic mass is 35.5. The molecule has 0 aromatic carbocycles. The summed E-state index contributed by atoms with van der Waals surface area (Å²) in [5, 5.41) is 4.23. The van der Waals surface area contributed by atoms with Crippen LogP contribution in [0.1, 0.15) is 25.7 Å². The quantitative estimate of drug-likeness (QED) is 0.488. The van der Waals surface area contributed by atoms with Crippen molar-refractivity contribution in [1.82, 2.24) is 29.7 Å². The van der Waals surface area contributed by atoms with Crippen molar-refractivity contribution in [3.63, 3.8) is 0 Å². The van der Waals surface area contributed by atoms with Crippen LogP contribution in [0, 0.1) is 24.2 Å². The lowest BCUT2D eigenvalue weighted by atomic mass is 9.82. The Kier molecular flexibility index (Phi) is 5.04. The molecular weight excluding hydrogens is 416 g/mol. The number of nitrogens with one attached hydrogen (secondary N) is 1. The van der Waals surface area contributed by atoms with Gasteiger partial charge in [-0.3, -0.25) is 14.5 Å². The van der Waals surface area contributed by atoms with E-state index in [0.717, 1.165) is 48.8 Å². The van der Waals surface area contributed by atoms with Gasteiger partial charge in [-0.15, -0.1) is 12.3 Å². The lowest BCUT2D eigenvalue weighted by molar-refractivity contribution is 0.289. The molecule has 4 aromatic rings. The van der Waals surface area contributed by atoms with Crippen molar-refractivity contribution in [2.24, 2.45) is 11.8 Å². The van der Waals surface area contributed by atoms with Gasteiger partial charge in [-0.2, -0.15) is 0 Å². The number of fused-ring (bicyclic) bond motifs is 1. The van der Waals surface area contributed by atoms with Crippen LogP contribution in [0.5, 0.6) is 0 Å². The Hall–Kier alpha value is -3.44. The number of terminal acetylenes is 1. The van der Waals surface area contributed by atoms with Gasteiger partial charge in [0.25, 0.3) is 0 Å². The van der Waals surface area contributed by atoms with Crippen molar-refractivity contribution in [3.05, 3.63) is 46.3 Å². The molecule has 8 nitrogen and oxygen atoms in total. The van der Waals surface area contributed by atoms with Crippen molar-refractivity contribution >= 4 is 22.6 Å². The minimum atomic E-state index is -0.662. The summed E-state index contributed by atoms with van der Waals surface area (Å²) in [4.78, 5) is 27.4. The lowest BCUT2D eigenvalue weighted by Gasteiger charge is -2.26. The molecule has 0 atom stereocenters. The van der Waals surface area contributed by atoms with Crippen LogP contribution in [-0.2, 0) is 6.54 Å². The average molecular weight is 435 g/mol. The second kappa shape index (κ2) is 8.00. The number of hydrogen-bond acceptors (Lipinski definition) is 6. The lowest BCUT2D eigenvalue weighted by Crippen LogP contribution is -2.18. The van der Waals surface area contributed by atoms with E-state index in [1.165, 1.54) is 0 Å². The Morgan fingerprint density at radius 1 is 1.26 bits per heavy atom. The van der Waals surface area contributed by atoms with E-state index in [4.69, 9.17) is 23.0 Å². The topological polar surface area (TPSA) is 102 Å². The zero-order valence-corrected chi connectivity index (χ0v) is 17.3. The van der Waals surface area contributed by atoms with Crippen LogP contribution in [0.2, 0.25) is 5.02 Å². The Morgan fingerprint density at radius 3 is 2.81 bits per heavy atom. The Bertz CT molecular complexity index is 1340. The second-order valence-electron chi connectivity index (χ2n) is 7.82. The highest BCUT2D eigenvalue weighted by Gasteiger charge is 2.23. The first-order valence-electron chi connectivity index (χ1n) is 10.1. The van der Waals surface area contributed by atoms with E-state index in [0.29, 0.717) is 22.6 Å². The summed E-state index contributed by atoms with van der Waals surface area (Å²) in [5.41, 5.74) is 3.04. The Labute approximate surface area is 182 Å². The number of pyridine rings is 1. The summed E-state index contributed by atoms with van der Waals surface area (Å²) in [5.74, 6) is 3.59. The van der Waals surface area contributed by atoms with Crippen LogP contribution in [0.4, 0.5) is 0 Å². The van der Waals surface area contributed by atoms with Gasteiger partial charge in [-0.05, 0) is 43.7 Å². The first kappa shape index (κ1) is 19.5. The van der Waals surface area contributed by atoms with Crippen LogP contribution in [0.3, 0.4) is 0 Å². The number of aromatic nitrogens is 6. The van der Waals surface area contributed by atoms with Gasteiger partial charge in [0.15, 0.2) is 0 Å². The third-order valence-electron chi connectivity index (χ3n) is 5.78. The maximum absolute atomic E-state index is 11.4. The van der Waals surface area contributed by atoms with Crippen LogP contribution in [0.25, 0.3) is 33.9 Å². The van der Waals surface area contributed by atoms with E-state index in [9.17, 15) is 4.79 Å². The molecule has 156 valence electrons. The predicted molar refractivity (Wildman–Crippen MR) is 116 cm³/mol. The van der Waals surface area contributed by atoms with E-state index in [-0.39, 0.29) is 11.6 Å². The first-order chi connectivity index (χ1) is 15.1.